The maximum atomic E-state index is 10.1. The van der Waals surface area contributed by atoms with Gasteiger partial charge in [0, 0.05) is 35.1 Å². The lowest BCUT2D eigenvalue weighted by Crippen LogP contribution is -2.00. The van der Waals surface area contributed by atoms with Crippen LogP contribution in [0.15, 0.2) is 47.6 Å². The van der Waals surface area contributed by atoms with Crippen molar-refractivity contribution in [3.63, 3.8) is 0 Å². The Labute approximate surface area is 173 Å². The van der Waals surface area contributed by atoms with Crippen molar-refractivity contribution in [2.24, 2.45) is 4.99 Å². The smallest absolute Gasteiger partial charge is 0.238 e. The Hall–Kier alpha value is -2.54. The third-order valence-corrected chi connectivity index (χ3v) is 4.02. The summed E-state index contributed by atoms with van der Waals surface area (Å²) in [4.78, 5) is 15.6. The van der Waals surface area contributed by atoms with E-state index in [-0.39, 0.29) is 30.7 Å². The number of anilines is 1. The normalized spacial score (nSPS) is 13.0. The van der Waals surface area contributed by atoms with Crippen LogP contribution in [0.3, 0.4) is 0 Å². The van der Waals surface area contributed by atoms with Gasteiger partial charge < -0.3 is 15.4 Å². The van der Waals surface area contributed by atoms with Gasteiger partial charge in [-0.2, -0.15) is 4.98 Å². The Kier molecular flexibility index (Phi) is 6.85. The number of benzene rings is 1. The van der Waals surface area contributed by atoms with Crippen LogP contribution in [-0.2, 0) is 6.54 Å². The molecule has 3 aromatic rings. The molecule has 1 aromatic carbocycles. The first kappa shape index (κ1) is 20.8. The van der Waals surface area contributed by atoms with Crippen LogP contribution in [0.25, 0.3) is 11.6 Å². The first-order valence-corrected chi connectivity index (χ1v) is 8.05. The molecule has 3 heterocycles. The molecule has 0 fully saturated rings. The highest BCUT2D eigenvalue weighted by molar-refractivity contribution is 6.30. The second-order valence-corrected chi connectivity index (χ2v) is 5.98. The maximum absolute atomic E-state index is 10.1. The minimum absolute atomic E-state index is 0. The zero-order valence-electron chi connectivity index (χ0n) is 13.9. The molecule has 1 aliphatic heterocycles. The molecule has 9 heteroatoms. The first-order valence-electron chi connectivity index (χ1n) is 7.67. The second-order valence-electron chi connectivity index (χ2n) is 5.54. The highest BCUT2D eigenvalue weighted by Gasteiger charge is 2.14. The number of pyridine rings is 1. The van der Waals surface area contributed by atoms with Crippen LogP contribution in [0.5, 0.6) is 5.88 Å². The SMILES string of the molecule is Cl.Cl.Oc1nc(NCc2cccc(Cl)c2)[nH]c1C=C1C=Nc2ncccc21. The summed E-state index contributed by atoms with van der Waals surface area (Å²) in [6.07, 6.45) is 5.21. The van der Waals surface area contributed by atoms with Gasteiger partial charge in [-0.1, -0.05) is 23.7 Å². The molecule has 0 radical (unpaired) electrons. The average molecular weight is 425 g/mol. The van der Waals surface area contributed by atoms with Gasteiger partial charge in [0.2, 0.25) is 11.8 Å². The number of H-pyrrole nitrogens is 1. The number of allylic oxidation sites excluding steroid dienone is 1. The molecule has 4 rings (SSSR count). The number of aromatic amines is 1. The van der Waals surface area contributed by atoms with Crippen molar-refractivity contribution in [3.8, 4) is 5.88 Å². The molecule has 0 bridgehead atoms. The summed E-state index contributed by atoms with van der Waals surface area (Å²) in [5.74, 6) is 1.07. The summed E-state index contributed by atoms with van der Waals surface area (Å²) in [5.41, 5.74) is 3.31. The van der Waals surface area contributed by atoms with Crippen LogP contribution >= 0.6 is 36.4 Å². The molecule has 0 saturated carbocycles. The summed E-state index contributed by atoms with van der Waals surface area (Å²) < 4.78 is 0. The largest absolute Gasteiger partial charge is 0.492 e. The number of aromatic hydroxyl groups is 1. The summed E-state index contributed by atoms with van der Waals surface area (Å²) in [5, 5.41) is 13.9. The van der Waals surface area contributed by atoms with E-state index in [1.54, 1.807) is 18.5 Å². The van der Waals surface area contributed by atoms with E-state index in [1.165, 1.54) is 0 Å². The van der Waals surface area contributed by atoms with E-state index in [4.69, 9.17) is 11.6 Å². The minimum Gasteiger partial charge on any atom is -0.492 e. The number of fused-ring (bicyclic) bond motifs is 1. The number of aromatic nitrogens is 3. The number of nitrogens with one attached hydrogen (secondary N) is 2. The number of aliphatic imine (C=N–C) groups is 1. The molecule has 0 spiro atoms. The van der Waals surface area contributed by atoms with Crippen LogP contribution in [0.4, 0.5) is 11.8 Å². The summed E-state index contributed by atoms with van der Waals surface area (Å²) >= 11 is 5.98. The molecule has 0 unspecified atom stereocenters. The van der Waals surface area contributed by atoms with Gasteiger partial charge in [0.1, 0.15) is 5.69 Å². The summed E-state index contributed by atoms with van der Waals surface area (Å²) in [7, 11) is 0. The number of hydrogen-bond acceptors (Lipinski definition) is 5. The third kappa shape index (κ3) is 4.60. The fraction of sp³-hybridized carbons (Fsp3) is 0.0556. The van der Waals surface area contributed by atoms with Crippen LogP contribution in [-0.4, -0.2) is 26.3 Å². The number of rotatable bonds is 4. The van der Waals surface area contributed by atoms with E-state index in [9.17, 15) is 5.11 Å². The fourth-order valence-electron chi connectivity index (χ4n) is 2.59. The molecule has 3 N–H and O–H groups in total. The predicted octanol–water partition coefficient (Wildman–Crippen LogP) is 4.88. The molecule has 6 nitrogen and oxygen atoms in total. The summed E-state index contributed by atoms with van der Waals surface area (Å²) in [6.45, 7) is 0.539. The topological polar surface area (TPSA) is 86.2 Å². The van der Waals surface area contributed by atoms with Crippen LogP contribution in [0, 0.1) is 0 Å². The molecule has 140 valence electrons. The third-order valence-electron chi connectivity index (χ3n) is 3.78. The Morgan fingerprint density at radius 3 is 2.85 bits per heavy atom. The van der Waals surface area contributed by atoms with Gasteiger partial charge in [0.15, 0.2) is 5.82 Å². The van der Waals surface area contributed by atoms with Crippen molar-refractivity contribution in [3.05, 3.63) is 64.4 Å². The molecular formula is C18H16Cl3N5O. The Bertz CT molecular complexity index is 1000. The lowest BCUT2D eigenvalue weighted by molar-refractivity contribution is 0.455. The first-order chi connectivity index (χ1) is 12.2. The van der Waals surface area contributed by atoms with Crippen molar-refractivity contribution in [1.82, 2.24) is 15.0 Å². The lowest BCUT2D eigenvalue weighted by Gasteiger charge is -2.03. The van der Waals surface area contributed by atoms with Gasteiger partial charge in [-0.3, -0.25) is 0 Å². The Morgan fingerprint density at radius 1 is 1.19 bits per heavy atom. The molecule has 2 aromatic heterocycles. The molecule has 0 atom stereocenters. The van der Waals surface area contributed by atoms with Gasteiger partial charge in [-0.25, -0.2) is 9.98 Å². The van der Waals surface area contributed by atoms with Gasteiger partial charge in [-0.05, 0) is 35.9 Å². The number of halogens is 3. The predicted molar refractivity (Wildman–Crippen MR) is 114 cm³/mol. The van der Waals surface area contributed by atoms with E-state index >= 15 is 0 Å². The van der Waals surface area contributed by atoms with E-state index in [2.05, 4.69) is 25.3 Å². The number of nitrogens with zero attached hydrogens (tertiary/aromatic N) is 3. The van der Waals surface area contributed by atoms with Crippen molar-refractivity contribution in [2.75, 3.05) is 5.32 Å². The highest BCUT2D eigenvalue weighted by Crippen LogP contribution is 2.31. The fourth-order valence-corrected chi connectivity index (χ4v) is 2.80. The van der Waals surface area contributed by atoms with Crippen molar-refractivity contribution < 1.29 is 5.11 Å². The standard InChI is InChI=1S/C18H14ClN5O.2ClH/c19-13-4-1-3-11(7-13)9-22-18-23-15(17(25)24-18)8-12-10-21-16-14(12)5-2-6-20-16;;/h1-8,10,25H,9H2,(H2,22,23,24);2*1H. The zero-order valence-corrected chi connectivity index (χ0v) is 16.3. The van der Waals surface area contributed by atoms with Gasteiger partial charge in [0.25, 0.3) is 0 Å². The van der Waals surface area contributed by atoms with Gasteiger partial charge in [-0.15, -0.1) is 24.8 Å². The van der Waals surface area contributed by atoms with E-state index < -0.39 is 0 Å². The molecule has 1 aliphatic rings. The highest BCUT2D eigenvalue weighted by atomic mass is 35.5. The van der Waals surface area contributed by atoms with Crippen molar-refractivity contribution >= 4 is 66.0 Å². The molecular weight excluding hydrogens is 409 g/mol. The molecule has 0 saturated heterocycles. The number of imidazole rings is 1. The van der Waals surface area contributed by atoms with Crippen LogP contribution in [0.1, 0.15) is 16.8 Å². The van der Waals surface area contributed by atoms with Gasteiger partial charge >= 0.3 is 0 Å². The summed E-state index contributed by atoms with van der Waals surface area (Å²) in [6, 6.07) is 11.3. The monoisotopic (exact) mass is 423 g/mol. The maximum Gasteiger partial charge on any atom is 0.238 e. The minimum atomic E-state index is -0.0770. The van der Waals surface area contributed by atoms with E-state index in [0.29, 0.717) is 29.0 Å². The molecule has 0 amide bonds. The second kappa shape index (κ2) is 8.90. The molecule has 27 heavy (non-hydrogen) atoms. The lowest BCUT2D eigenvalue weighted by atomic mass is 10.1. The Morgan fingerprint density at radius 2 is 2.04 bits per heavy atom. The van der Waals surface area contributed by atoms with Crippen LogP contribution in [0.2, 0.25) is 5.02 Å². The van der Waals surface area contributed by atoms with Crippen molar-refractivity contribution in [1.29, 1.82) is 0 Å². The zero-order chi connectivity index (χ0) is 17.2. The quantitative estimate of drug-likeness (QED) is 0.557. The van der Waals surface area contributed by atoms with E-state index in [0.717, 1.165) is 16.7 Å². The number of hydrogen-bond donors (Lipinski definition) is 3. The van der Waals surface area contributed by atoms with E-state index in [1.807, 2.05) is 36.4 Å². The average Bonchev–Trinajstić information content (AvgIpc) is 3.18. The Balaban J connectivity index is 0.00000131. The van der Waals surface area contributed by atoms with Crippen molar-refractivity contribution in [2.45, 2.75) is 6.54 Å². The van der Waals surface area contributed by atoms with Gasteiger partial charge in [0.05, 0.1) is 0 Å². The molecule has 0 aliphatic carbocycles. The van der Waals surface area contributed by atoms with Crippen LogP contribution < -0.4 is 5.32 Å².